The minimum Gasteiger partial charge on any atom is -0.480 e. The van der Waals surface area contributed by atoms with Gasteiger partial charge in [0, 0.05) is 5.56 Å². The summed E-state index contributed by atoms with van der Waals surface area (Å²) < 4.78 is 29.7. The number of nitrogens with one attached hydrogen (secondary N) is 3. The number of hydrogen-bond acceptors (Lipinski definition) is 11. The van der Waals surface area contributed by atoms with E-state index < -0.39 is 82.3 Å². The molecule has 6 amide bonds. The van der Waals surface area contributed by atoms with E-state index in [1.54, 1.807) is 30.3 Å². The number of carboxylic acids is 1. The van der Waals surface area contributed by atoms with Crippen molar-refractivity contribution >= 4 is 68.4 Å². The smallest absolute Gasteiger partial charge is 0.323 e. The van der Waals surface area contributed by atoms with E-state index in [-0.39, 0.29) is 15.8 Å². The molecule has 1 aliphatic rings. The molecule has 1 aromatic rings. The SMILES string of the molecule is O=C(O)CN(C(=O)CNC(=O)CNC(=O)CSC(=O)c1ccccc1)C(=O)[C@]1(S(=O)(=O)O)CC(=O)NC1=O. The Morgan fingerprint density at radius 2 is 1.61 bits per heavy atom. The van der Waals surface area contributed by atoms with Crippen LogP contribution in [0.3, 0.4) is 0 Å². The lowest BCUT2D eigenvalue weighted by atomic mass is 10.0. The van der Waals surface area contributed by atoms with Crippen molar-refractivity contribution in [3.05, 3.63) is 35.9 Å². The normalized spacial score (nSPS) is 16.8. The summed E-state index contributed by atoms with van der Waals surface area (Å²) in [5.41, 5.74) is 0.359. The Labute approximate surface area is 218 Å². The van der Waals surface area contributed by atoms with Crippen molar-refractivity contribution in [3.8, 4) is 0 Å². The summed E-state index contributed by atoms with van der Waals surface area (Å²) in [4.78, 5) is 95.7. The number of imide groups is 2. The monoisotopic (exact) mass is 572 g/mol. The van der Waals surface area contributed by atoms with Crippen molar-refractivity contribution in [2.75, 3.05) is 25.4 Å². The summed E-state index contributed by atoms with van der Waals surface area (Å²) in [5, 5.41) is 14.3. The molecule has 0 radical (unpaired) electrons. The van der Waals surface area contributed by atoms with E-state index in [9.17, 15) is 51.3 Å². The molecule has 1 aromatic carbocycles. The predicted molar refractivity (Wildman–Crippen MR) is 126 cm³/mol. The molecule has 0 saturated carbocycles. The van der Waals surface area contributed by atoms with Crippen LogP contribution in [0.5, 0.6) is 0 Å². The fourth-order valence-corrected chi connectivity index (χ4v) is 4.64. The number of carbonyl (C=O) groups is 8. The summed E-state index contributed by atoms with van der Waals surface area (Å²) >= 11 is 0.672. The highest BCUT2D eigenvalue weighted by molar-refractivity contribution is 8.14. The number of benzene rings is 1. The molecule has 5 N–H and O–H groups in total. The van der Waals surface area contributed by atoms with Crippen molar-refractivity contribution < 1.29 is 56.4 Å². The average Bonchev–Trinajstić information content (AvgIpc) is 3.17. The molecule has 38 heavy (non-hydrogen) atoms. The summed E-state index contributed by atoms with van der Waals surface area (Å²) in [6, 6.07) is 8.06. The molecule has 1 heterocycles. The highest BCUT2D eigenvalue weighted by Gasteiger charge is 2.64. The molecule has 1 aliphatic heterocycles. The van der Waals surface area contributed by atoms with Gasteiger partial charge in [-0.05, 0) is 0 Å². The molecule has 1 fully saturated rings. The van der Waals surface area contributed by atoms with Crippen LogP contribution in [0.2, 0.25) is 0 Å². The fourth-order valence-electron chi connectivity index (χ4n) is 3.05. The molecule has 1 atom stereocenters. The molecular formula is C20H20N4O12S2. The van der Waals surface area contributed by atoms with E-state index in [0.29, 0.717) is 17.3 Å². The minimum atomic E-state index is -5.67. The van der Waals surface area contributed by atoms with E-state index in [2.05, 4.69) is 5.32 Å². The third kappa shape index (κ3) is 7.20. The van der Waals surface area contributed by atoms with Crippen LogP contribution < -0.4 is 16.0 Å². The number of aliphatic carboxylic acids is 1. The Bertz CT molecular complexity index is 1300. The predicted octanol–water partition coefficient (Wildman–Crippen LogP) is -3.09. The van der Waals surface area contributed by atoms with E-state index >= 15 is 0 Å². The van der Waals surface area contributed by atoms with Crippen LogP contribution in [0, 0.1) is 0 Å². The third-order valence-corrected chi connectivity index (χ3v) is 7.17. The molecule has 0 spiro atoms. The Morgan fingerprint density at radius 3 is 2.13 bits per heavy atom. The van der Waals surface area contributed by atoms with Gasteiger partial charge in [0.05, 0.1) is 25.3 Å². The topological polar surface area (TPSA) is 250 Å². The van der Waals surface area contributed by atoms with Crippen LogP contribution in [0.1, 0.15) is 16.8 Å². The lowest BCUT2D eigenvalue weighted by molar-refractivity contribution is -0.154. The number of hydrogen-bond donors (Lipinski definition) is 5. The van der Waals surface area contributed by atoms with E-state index in [1.165, 1.54) is 5.32 Å². The van der Waals surface area contributed by atoms with Gasteiger partial charge in [-0.3, -0.25) is 53.1 Å². The van der Waals surface area contributed by atoms with E-state index in [4.69, 9.17) is 5.11 Å². The first-order valence-corrected chi connectivity index (χ1v) is 12.7. The first kappa shape index (κ1) is 30.1. The number of thioether (sulfide) groups is 1. The Morgan fingerprint density at radius 1 is 1.00 bits per heavy atom. The van der Waals surface area contributed by atoms with Gasteiger partial charge in [0.1, 0.15) is 6.54 Å². The number of rotatable bonds is 11. The zero-order valence-electron chi connectivity index (χ0n) is 19.2. The zero-order chi connectivity index (χ0) is 28.7. The molecular weight excluding hydrogens is 552 g/mol. The highest BCUT2D eigenvalue weighted by atomic mass is 32.2. The summed E-state index contributed by atoms with van der Waals surface area (Å²) in [7, 11) is -5.67. The van der Waals surface area contributed by atoms with Gasteiger partial charge in [-0.1, -0.05) is 42.1 Å². The lowest BCUT2D eigenvalue weighted by Gasteiger charge is -2.27. The van der Waals surface area contributed by atoms with Gasteiger partial charge in [0.25, 0.3) is 26.7 Å². The second-order valence-electron chi connectivity index (χ2n) is 7.53. The molecule has 0 aliphatic carbocycles. The summed E-state index contributed by atoms with van der Waals surface area (Å²) in [6.07, 6.45) is -1.41. The molecule has 1 saturated heterocycles. The van der Waals surface area contributed by atoms with E-state index in [1.807, 2.05) is 5.32 Å². The highest BCUT2D eigenvalue weighted by Crippen LogP contribution is 2.29. The van der Waals surface area contributed by atoms with Crippen LogP contribution in [0.15, 0.2) is 30.3 Å². The van der Waals surface area contributed by atoms with Crippen molar-refractivity contribution in [3.63, 3.8) is 0 Å². The average molecular weight is 573 g/mol. The van der Waals surface area contributed by atoms with Gasteiger partial charge >= 0.3 is 5.97 Å². The lowest BCUT2D eigenvalue weighted by Crippen LogP contribution is -2.61. The van der Waals surface area contributed by atoms with Gasteiger partial charge in [-0.15, -0.1) is 0 Å². The van der Waals surface area contributed by atoms with Crippen LogP contribution in [0.4, 0.5) is 0 Å². The molecule has 0 bridgehead atoms. The zero-order valence-corrected chi connectivity index (χ0v) is 20.8. The van der Waals surface area contributed by atoms with Crippen LogP contribution in [-0.4, -0.2) is 99.6 Å². The quantitative estimate of drug-likeness (QED) is 0.100. The maximum absolute atomic E-state index is 12.8. The number of amides is 6. The van der Waals surface area contributed by atoms with Crippen molar-refractivity contribution in [2.24, 2.45) is 0 Å². The molecule has 0 aromatic heterocycles. The third-order valence-electron chi connectivity index (χ3n) is 4.88. The molecule has 18 heteroatoms. The van der Waals surface area contributed by atoms with Crippen LogP contribution >= 0.6 is 11.8 Å². The molecule has 2 rings (SSSR count). The Balaban J connectivity index is 1.97. The summed E-state index contributed by atoms with van der Waals surface area (Å²) in [5.74, 6) is -10.5. The molecule has 0 unspecified atom stereocenters. The number of nitrogens with zero attached hydrogens (tertiary/aromatic N) is 1. The van der Waals surface area contributed by atoms with Crippen molar-refractivity contribution in [1.29, 1.82) is 0 Å². The van der Waals surface area contributed by atoms with Crippen molar-refractivity contribution in [1.82, 2.24) is 20.9 Å². The molecule has 204 valence electrons. The van der Waals surface area contributed by atoms with Gasteiger partial charge in [-0.25, -0.2) is 0 Å². The van der Waals surface area contributed by atoms with Crippen LogP contribution in [-0.2, 0) is 43.7 Å². The largest absolute Gasteiger partial charge is 0.480 e. The first-order valence-electron chi connectivity index (χ1n) is 10.3. The second kappa shape index (κ2) is 12.4. The standard InChI is InChI=1S/C20H20N4O12S2/c25-12-6-20(18(32)23-12,38(34,35)36)19(33)24(9-16(29)30)15(28)8-22-13(26)7-21-14(27)10-37-17(31)11-4-2-1-3-5-11/h1-5H,6-10H2,(H,21,27)(H,22,26)(H,29,30)(H,23,25,32)(H,34,35,36)/t20-/m0/s1. The number of carboxylic acid groups (broad SMARTS) is 1. The summed E-state index contributed by atoms with van der Waals surface area (Å²) in [6.45, 7) is -3.26. The van der Waals surface area contributed by atoms with Crippen molar-refractivity contribution in [2.45, 2.75) is 11.2 Å². The van der Waals surface area contributed by atoms with Gasteiger partial charge in [-0.2, -0.15) is 8.42 Å². The Kier molecular flexibility index (Phi) is 9.80. The maximum atomic E-state index is 12.8. The van der Waals surface area contributed by atoms with Crippen LogP contribution in [0.25, 0.3) is 0 Å². The maximum Gasteiger partial charge on any atom is 0.323 e. The fraction of sp³-hybridized carbons (Fsp3) is 0.300. The second-order valence-corrected chi connectivity index (χ2v) is 10.1. The van der Waals surface area contributed by atoms with Gasteiger partial charge in [0.15, 0.2) is 0 Å². The van der Waals surface area contributed by atoms with E-state index in [0.717, 1.165) is 0 Å². The molecule has 16 nitrogen and oxygen atoms in total. The first-order chi connectivity index (χ1) is 17.7. The minimum absolute atomic E-state index is 0.223. The van der Waals surface area contributed by atoms with Gasteiger partial charge < -0.3 is 15.7 Å². The number of carbonyl (C=O) groups excluding carboxylic acids is 7. The Hall–Kier alpha value is -4.16. The van der Waals surface area contributed by atoms with Gasteiger partial charge in [0.2, 0.25) is 28.7 Å².